The Morgan fingerprint density at radius 1 is 1.25 bits per heavy atom. The maximum atomic E-state index is 5.49. The Morgan fingerprint density at radius 2 is 2.12 bits per heavy atom. The predicted molar refractivity (Wildman–Crippen MR) is 59.0 cm³/mol. The van der Waals surface area contributed by atoms with Crippen LogP contribution in [0.3, 0.4) is 0 Å². The van der Waals surface area contributed by atoms with E-state index in [-0.39, 0.29) is 0 Å². The summed E-state index contributed by atoms with van der Waals surface area (Å²) in [5, 5.41) is 11.0. The van der Waals surface area contributed by atoms with Crippen molar-refractivity contribution in [2.45, 2.75) is 19.8 Å². The van der Waals surface area contributed by atoms with E-state index >= 15 is 0 Å². The Labute approximate surface area is 93.9 Å². The van der Waals surface area contributed by atoms with Crippen LogP contribution < -0.4 is 5.32 Å². The summed E-state index contributed by atoms with van der Waals surface area (Å²) in [6, 6.07) is 3.71. The van der Waals surface area contributed by atoms with E-state index in [9.17, 15) is 0 Å². The van der Waals surface area contributed by atoms with Gasteiger partial charge >= 0.3 is 0 Å². The number of nitrogens with one attached hydrogen (secondary N) is 1. The van der Waals surface area contributed by atoms with Gasteiger partial charge in [-0.05, 0) is 39.1 Å². The largest absolute Gasteiger partial charge is 0.456 e. The summed E-state index contributed by atoms with van der Waals surface area (Å²) in [4.78, 5) is 0. The van der Waals surface area contributed by atoms with Gasteiger partial charge in [0.1, 0.15) is 5.76 Å². The van der Waals surface area contributed by atoms with Gasteiger partial charge < -0.3 is 14.2 Å². The maximum absolute atomic E-state index is 5.49. The minimum absolute atomic E-state index is 0.451. The Bertz CT molecular complexity index is 448. The molecule has 0 bridgehead atoms. The third-order valence-corrected chi connectivity index (χ3v) is 2.24. The van der Waals surface area contributed by atoms with Gasteiger partial charge in [-0.2, -0.15) is 0 Å². The van der Waals surface area contributed by atoms with Crippen LogP contribution >= 0.6 is 0 Å². The number of aryl methyl sites for hydroxylation is 2. The van der Waals surface area contributed by atoms with Crippen molar-refractivity contribution in [2.75, 3.05) is 13.6 Å². The van der Waals surface area contributed by atoms with Gasteiger partial charge in [0.25, 0.3) is 5.89 Å². The van der Waals surface area contributed by atoms with Gasteiger partial charge in [0, 0.05) is 6.42 Å². The van der Waals surface area contributed by atoms with E-state index in [0.717, 1.165) is 25.1 Å². The molecule has 0 fully saturated rings. The highest BCUT2D eigenvalue weighted by molar-refractivity contribution is 5.43. The van der Waals surface area contributed by atoms with E-state index in [2.05, 4.69) is 15.5 Å². The Kier molecular flexibility index (Phi) is 3.36. The van der Waals surface area contributed by atoms with Crippen molar-refractivity contribution in [2.24, 2.45) is 0 Å². The first-order valence-corrected chi connectivity index (χ1v) is 5.33. The van der Waals surface area contributed by atoms with Gasteiger partial charge in [-0.1, -0.05) is 0 Å². The molecule has 2 heterocycles. The molecule has 0 atom stereocenters. The maximum Gasteiger partial charge on any atom is 0.283 e. The summed E-state index contributed by atoms with van der Waals surface area (Å²) in [7, 11) is 1.92. The molecule has 0 amide bonds. The van der Waals surface area contributed by atoms with Crippen molar-refractivity contribution in [1.82, 2.24) is 15.5 Å². The Balaban J connectivity index is 2.02. The number of hydrogen-bond donors (Lipinski definition) is 1. The average molecular weight is 221 g/mol. The molecule has 0 spiro atoms. The van der Waals surface area contributed by atoms with Crippen LogP contribution in [0.2, 0.25) is 0 Å². The lowest BCUT2D eigenvalue weighted by Gasteiger charge is -1.94. The van der Waals surface area contributed by atoms with Crippen LogP contribution in [-0.2, 0) is 6.42 Å². The molecule has 16 heavy (non-hydrogen) atoms. The van der Waals surface area contributed by atoms with Crippen LogP contribution in [0.1, 0.15) is 18.1 Å². The molecular weight excluding hydrogens is 206 g/mol. The molecule has 2 rings (SSSR count). The third kappa shape index (κ3) is 2.49. The van der Waals surface area contributed by atoms with Crippen molar-refractivity contribution in [3.05, 3.63) is 23.8 Å². The van der Waals surface area contributed by atoms with Crippen LogP contribution in [0.25, 0.3) is 11.7 Å². The Morgan fingerprint density at radius 3 is 2.81 bits per heavy atom. The van der Waals surface area contributed by atoms with E-state index in [1.54, 1.807) is 0 Å². The van der Waals surface area contributed by atoms with Crippen LogP contribution in [0.4, 0.5) is 0 Å². The van der Waals surface area contributed by atoms with Gasteiger partial charge in [0.15, 0.2) is 5.76 Å². The van der Waals surface area contributed by atoms with Crippen molar-refractivity contribution in [3.63, 3.8) is 0 Å². The lowest BCUT2D eigenvalue weighted by Crippen LogP contribution is -2.08. The fourth-order valence-corrected chi connectivity index (χ4v) is 1.42. The molecule has 0 aromatic carbocycles. The zero-order chi connectivity index (χ0) is 11.4. The number of rotatable bonds is 5. The lowest BCUT2D eigenvalue weighted by atomic mass is 10.3. The standard InChI is InChI=1S/C11H15N3O2/c1-8-5-6-9(15-8)11-14-13-10(16-11)4-3-7-12-2/h5-6,12H,3-4,7H2,1-2H3. The molecule has 5 heteroatoms. The number of furan rings is 1. The van der Waals surface area contributed by atoms with Gasteiger partial charge in [-0.3, -0.25) is 0 Å². The second-order valence-corrected chi connectivity index (χ2v) is 3.62. The number of aromatic nitrogens is 2. The highest BCUT2D eigenvalue weighted by atomic mass is 16.4. The number of hydrogen-bond acceptors (Lipinski definition) is 5. The van der Waals surface area contributed by atoms with Crippen molar-refractivity contribution in [3.8, 4) is 11.7 Å². The molecule has 0 saturated heterocycles. The van der Waals surface area contributed by atoms with Crippen LogP contribution in [0, 0.1) is 6.92 Å². The molecule has 0 aliphatic rings. The fourth-order valence-electron chi connectivity index (χ4n) is 1.42. The SMILES string of the molecule is CNCCCc1nnc(-c2ccc(C)o2)o1. The van der Waals surface area contributed by atoms with Crippen LogP contribution in [0.15, 0.2) is 21.0 Å². The first kappa shape index (κ1) is 10.9. The first-order valence-electron chi connectivity index (χ1n) is 5.33. The molecule has 0 unspecified atom stereocenters. The molecule has 2 aromatic heterocycles. The normalized spacial score (nSPS) is 10.9. The zero-order valence-electron chi connectivity index (χ0n) is 9.49. The fraction of sp³-hybridized carbons (Fsp3) is 0.455. The molecule has 0 aliphatic carbocycles. The molecule has 0 aliphatic heterocycles. The molecule has 2 aromatic rings. The van der Waals surface area contributed by atoms with Gasteiger partial charge in [0.2, 0.25) is 5.89 Å². The van der Waals surface area contributed by atoms with E-state index in [1.807, 2.05) is 26.1 Å². The van der Waals surface area contributed by atoms with Gasteiger partial charge in [-0.25, -0.2) is 0 Å². The summed E-state index contributed by atoms with van der Waals surface area (Å²) in [5.74, 6) is 2.57. The Hall–Kier alpha value is -1.62. The van der Waals surface area contributed by atoms with E-state index in [0.29, 0.717) is 17.5 Å². The van der Waals surface area contributed by atoms with Crippen molar-refractivity contribution < 1.29 is 8.83 Å². The quantitative estimate of drug-likeness (QED) is 0.780. The molecule has 0 radical (unpaired) electrons. The molecule has 86 valence electrons. The van der Waals surface area contributed by atoms with E-state index in [4.69, 9.17) is 8.83 Å². The highest BCUT2D eigenvalue weighted by Gasteiger charge is 2.11. The monoisotopic (exact) mass is 221 g/mol. The molecule has 0 saturated carbocycles. The minimum atomic E-state index is 0.451. The summed E-state index contributed by atoms with van der Waals surface area (Å²) < 4.78 is 10.9. The summed E-state index contributed by atoms with van der Waals surface area (Å²) in [6.07, 6.45) is 1.77. The molecule has 1 N–H and O–H groups in total. The van der Waals surface area contributed by atoms with Crippen molar-refractivity contribution >= 4 is 0 Å². The second kappa shape index (κ2) is 4.94. The topological polar surface area (TPSA) is 64.1 Å². The van der Waals surface area contributed by atoms with Gasteiger partial charge in [-0.15, -0.1) is 10.2 Å². The smallest absolute Gasteiger partial charge is 0.283 e. The lowest BCUT2D eigenvalue weighted by molar-refractivity contribution is 0.467. The summed E-state index contributed by atoms with van der Waals surface area (Å²) >= 11 is 0. The zero-order valence-corrected chi connectivity index (χ0v) is 9.49. The molecule has 5 nitrogen and oxygen atoms in total. The highest BCUT2D eigenvalue weighted by Crippen LogP contribution is 2.20. The average Bonchev–Trinajstić information content (AvgIpc) is 2.87. The summed E-state index contributed by atoms with van der Waals surface area (Å²) in [6.45, 7) is 2.82. The minimum Gasteiger partial charge on any atom is -0.456 e. The molecular formula is C11H15N3O2. The third-order valence-electron chi connectivity index (χ3n) is 2.24. The van der Waals surface area contributed by atoms with Gasteiger partial charge in [0.05, 0.1) is 0 Å². The van der Waals surface area contributed by atoms with Crippen molar-refractivity contribution in [1.29, 1.82) is 0 Å². The summed E-state index contributed by atoms with van der Waals surface area (Å²) in [5.41, 5.74) is 0. The predicted octanol–water partition coefficient (Wildman–Crippen LogP) is 1.79. The number of nitrogens with zero attached hydrogens (tertiary/aromatic N) is 2. The second-order valence-electron chi connectivity index (χ2n) is 3.62. The van der Waals surface area contributed by atoms with E-state index < -0.39 is 0 Å². The van der Waals surface area contributed by atoms with E-state index in [1.165, 1.54) is 0 Å². The first-order chi connectivity index (χ1) is 7.79. The van der Waals surface area contributed by atoms with Crippen LogP contribution in [-0.4, -0.2) is 23.8 Å². The van der Waals surface area contributed by atoms with Crippen LogP contribution in [0.5, 0.6) is 0 Å².